The number of hydrogen-bond donors (Lipinski definition) is 0. The van der Waals surface area contributed by atoms with Crippen LogP contribution in [-0.2, 0) is 9.47 Å². The predicted molar refractivity (Wildman–Crippen MR) is 125 cm³/mol. The zero-order valence-corrected chi connectivity index (χ0v) is 20.3. The molecule has 1 saturated heterocycles. The lowest BCUT2D eigenvalue weighted by molar-refractivity contribution is 0.0240. The third-order valence-corrected chi connectivity index (χ3v) is 5.66. The lowest BCUT2D eigenvalue weighted by atomic mass is 10.1. The van der Waals surface area contributed by atoms with Gasteiger partial charge < -0.3 is 19.3 Å². The number of methoxy groups -OCH3 is 1. The molecule has 8 heteroatoms. The number of pyridine rings is 1. The molecule has 2 aromatic heterocycles. The molecule has 170 valence electrons. The summed E-state index contributed by atoms with van der Waals surface area (Å²) >= 11 is 1.41. The number of amides is 1. The molecule has 1 aliphatic heterocycles. The number of nitrogens with zero attached hydrogens (tertiary/aromatic N) is 3. The average molecular weight is 448 g/mol. The van der Waals surface area contributed by atoms with E-state index in [-0.39, 0.29) is 12.1 Å². The van der Waals surface area contributed by atoms with Crippen molar-refractivity contribution in [3.05, 3.63) is 34.2 Å². The van der Waals surface area contributed by atoms with Crippen LogP contribution in [0.4, 0.5) is 10.5 Å². The standard InChI is InChI=1S/C21H27N3O4S.C2H6/c1-14-16(12-18(29-14)19(25)27-5)17-7-6-15(13-22-17)23-8-10-24(11-9-23)20(26)28-21(2,3)4;1-2/h6-7,12-13H,8-11H2,1-5H3;1-2H3. The van der Waals surface area contributed by atoms with Gasteiger partial charge in [-0.05, 0) is 45.9 Å². The molecule has 1 aliphatic rings. The number of esters is 1. The highest BCUT2D eigenvalue weighted by Gasteiger charge is 2.26. The number of aromatic nitrogens is 1. The van der Waals surface area contributed by atoms with Crippen molar-refractivity contribution >= 4 is 29.1 Å². The van der Waals surface area contributed by atoms with E-state index in [2.05, 4.69) is 9.88 Å². The number of hydrogen-bond acceptors (Lipinski definition) is 7. The first-order chi connectivity index (χ1) is 14.7. The number of carbonyl (C=O) groups is 2. The van der Waals surface area contributed by atoms with Crippen molar-refractivity contribution in [3.8, 4) is 11.3 Å². The molecule has 0 unspecified atom stereocenters. The van der Waals surface area contributed by atoms with Crippen molar-refractivity contribution in [2.24, 2.45) is 0 Å². The van der Waals surface area contributed by atoms with Crippen LogP contribution < -0.4 is 4.90 Å². The minimum absolute atomic E-state index is 0.264. The highest BCUT2D eigenvalue weighted by atomic mass is 32.1. The molecule has 0 saturated carbocycles. The van der Waals surface area contributed by atoms with Gasteiger partial charge in [-0.3, -0.25) is 4.98 Å². The second-order valence-corrected chi connectivity index (χ2v) is 9.18. The molecule has 31 heavy (non-hydrogen) atoms. The summed E-state index contributed by atoms with van der Waals surface area (Å²) in [5.41, 5.74) is 2.29. The number of rotatable bonds is 3. The van der Waals surface area contributed by atoms with Crippen molar-refractivity contribution in [3.63, 3.8) is 0 Å². The summed E-state index contributed by atoms with van der Waals surface area (Å²) in [7, 11) is 1.38. The minimum atomic E-state index is -0.485. The molecule has 0 aliphatic carbocycles. The summed E-state index contributed by atoms with van der Waals surface area (Å²) in [5, 5.41) is 0. The van der Waals surface area contributed by atoms with Crippen LogP contribution in [0.5, 0.6) is 0 Å². The van der Waals surface area contributed by atoms with E-state index in [1.54, 1.807) is 4.90 Å². The Morgan fingerprint density at radius 2 is 1.74 bits per heavy atom. The molecular weight excluding hydrogens is 414 g/mol. The zero-order valence-electron chi connectivity index (χ0n) is 19.5. The van der Waals surface area contributed by atoms with Crippen LogP contribution in [0.2, 0.25) is 0 Å². The van der Waals surface area contributed by atoms with Gasteiger partial charge in [0.2, 0.25) is 0 Å². The highest BCUT2D eigenvalue weighted by molar-refractivity contribution is 7.14. The first-order valence-corrected chi connectivity index (χ1v) is 11.4. The SMILES string of the molecule is CC.COC(=O)c1cc(-c2ccc(N3CCN(C(=O)OC(C)(C)C)CC3)cn2)c(C)s1. The van der Waals surface area contributed by atoms with Gasteiger partial charge in [-0.1, -0.05) is 13.8 Å². The maximum absolute atomic E-state index is 12.2. The molecule has 3 heterocycles. The predicted octanol–water partition coefficient (Wildman–Crippen LogP) is 4.99. The Bertz CT molecular complexity index is 879. The fraction of sp³-hybridized carbons (Fsp3) is 0.522. The van der Waals surface area contributed by atoms with Gasteiger partial charge in [0.05, 0.1) is 24.7 Å². The van der Waals surface area contributed by atoms with E-state index in [9.17, 15) is 9.59 Å². The number of carbonyl (C=O) groups excluding carboxylic acids is 2. The van der Waals surface area contributed by atoms with Crippen molar-refractivity contribution < 1.29 is 19.1 Å². The molecule has 0 radical (unpaired) electrons. The van der Waals surface area contributed by atoms with Crippen LogP contribution in [0.3, 0.4) is 0 Å². The maximum Gasteiger partial charge on any atom is 0.410 e. The van der Waals surface area contributed by atoms with Crippen LogP contribution in [0.15, 0.2) is 24.4 Å². The van der Waals surface area contributed by atoms with Crippen molar-refractivity contribution in [2.45, 2.75) is 47.1 Å². The number of aryl methyl sites for hydroxylation is 1. The molecule has 0 atom stereocenters. The van der Waals surface area contributed by atoms with Gasteiger partial charge in [-0.25, -0.2) is 9.59 Å². The third-order valence-electron chi connectivity index (χ3n) is 4.62. The molecule has 1 fully saturated rings. The lowest BCUT2D eigenvalue weighted by Crippen LogP contribution is -2.50. The Morgan fingerprint density at radius 3 is 2.26 bits per heavy atom. The first-order valence-electron chi connectivity index (χ1n) is 10.6. The molecule has 7 nitrogen and oxygen atoms in total. The Morgan fingerprint density at radius 1 is 1.10 bits per heavy atom. The maximum atomic E-state index is 12.2. The first kappa shape index (κ1) is 24.7. The smallest absolute Gasteiger partial charge is 0.410 e. The lowest BCUT2D eigenvalue weighted by Gasteiger charge is -2.36. The van der Waals surface area contributed by atoms with E-state index < -0.39 is 5.60 Å². The highest BCUT2D eigenvalue weighted by Crippen LogP contribution is 2.31. The van der Waals surface area contributed by atoms with Crippen molar-refractivity contribution in [2.75, 3.05) is 38.2 Å². The summed E-state index contributed by atoms with van der Waals surface area (Å²) in [6.45, 7) is 14.3. The quantitative estimate of drug-likeness (QED) is 0.618. The second-order valence-electron chi connectivity index (χ2n) is 7.93. The van der Waals surface area contributed by atoms with Gasteiger partial charge >= 0.3 is 12.1 Å². The van der Waals surface area contributed by atoms with Crippen LogP contribution in [0.1, 0.15) is 49.2 Å². The van der Waals surface area contributed by atoms with E-state index in [0.29, 0.717) is 18.0 Å². The summed E-state index contributed by atoms with van der Waals surface area (Å²) in [4.78, 5) is 34.1. The molecule has 2 aromatic rings. The van der Waals surface area contributed by atoms with Gasteiger partial charge in [-0.2, -0.15) is 0 Å². The number of anilines is 1. The Kier molecular flexibility index (Phi) is 8.44. The van der Waals surface area contributed by atoms with Crippen LogP contribution >= 0.6 is 11.3 Å². The normalized spacial score (nSPS) is 13.9. The van der Waals surface area contributed by atoms with E-state index in [1.807, 2.05) is 65.9 Å². The van der Waals surface area contributed by atoms with E-state index in [4.69, 9.17) is 9.47 Å². The number of piperazine rings is 1. The molecule has 0 spiro atoms. The molecular formula is C23H33N3O4S. The van der Waals surface area contributed by atoms with Gasteiger partial charge in [-0.15, -0.1) is 11.3 Å². The van der Waals surface area contributed by atoms with Gasteiger partial charge in [0.25, 0.3) is 0 Å². The second kappa shape index (κ2) is 10.6. The Balaban J connectivity index is 0.00000166. The zero-order chi connectivity index (χ0) is 23.2. The molecule has 1 amide bonds. The summed E-state index contributed by atoms with van der Waals surface area (Å²) in [6, 6.07) is 5.82. The summed E-state index contributed by atoms with van der Waals surface area (Å²) < 4.78 is 10.2. The Labute approximate surface area is 189 Å². The molecule has 0 aromatic carbocycles. The largest absolute Gasteiger partial charge is 0.465 e. The van der Waals surface area contributed by atoms with Gasteiger partial charge in [0.1, 0.15) is 10.5 Å². The number of ether oxygens (including phenoxy) is 2. The monoisotopic (exact) mass is 447 g/mol. The molecule has 0 N–H and O–H groups in total. The third kappa shape index (κ3) is 6.43. The molecule has 0 bridgehead atoms. The van der Waals surface area contributed by atoms with E-state index >= 15 is 0 Å². The van der Waals surface area contributed by atoms with Crippen molar-refractivity contribution in [1.29, 1.82) is 0 Å². The van der Waals surface area contributed by atoms with Crippen LogP contribution in [0, 0.1) is 6.92 Å². The summed E-state index contributed by atoms with van der Waals surface area (Å²) in [5.74, 6) is -0.330. The Hall–Kier alpha value is -2.61. The summed E-state index contributed by atoms with van der Waals surface area (Å²) in [6.07, 6.45) is 1.58. The van der Waals surface area contributed by atoms with Crippen molar-refractivity contribution in [1.82, 2.24) is 9.88 Å². The minimum Gasteiger partial charge on any atom is -0.465 e. The molecule has 3 rings (SSSR count). The average Bonchev–Trinajstić information content (AvgIpc) is 3.15. The van der Waals surface area contributed by atoms with Gasteiger partial charge in [0, 0.05) is 36.6 Å². The fourth-order valence-electron chi connectivity index (χ4n) is 3.14. The fourth-order valence-corrected chi connectivity index (χ4v) is 4.09. The van der Waals surface area contributed by atoms with Crippen LogP contribution in [-0.4, -0.2) is 60.8 Å². The van der Waals surface area contributed by atoms with Crippen LogP contribution in [0.25, 0.3) is 11.3 Å². The number of thiophene rings is 1. The topological polar surface area (TPSA) is 72.0 Å². The van der Waals surface area contributed by atoms with Gasteiger partial charge in [0.15, 0.2) is 0 Å². The van der Waals surface area contributed by atoms with E-state index in [1.165, 1.54) is 18.4 Å². The van der Waals surface area contributed by atoms with E-state index in [0.717, 1.165) is 34.9 Å².